The van der Waals surface area contributed by atoms with Crippen molar-refractivity contribution >= 4 is 55.9 Å². The summed E-state index contributed by atoms with van der Waals surface area (Å²) in [5.74, 6) is -1.19. The van der Waals surface area contributed by atoms with Crippen molar-refractivity contribution in [2.45, 2.75) is 58.6 Å². The summed E-state index contributed by atoms with van der Waals surface area (Å²) in [6.45, 7) is 6.28. The van der Waals surface area contributed by atoms with Crippen LogP contribution in [0.4, 0.5) is 0 Å². The van der Waals surface area contributed by atoms with Gasteiger partial charge in [-0.1, -0.05) is 80.4 Å². The summed E-state index contributed by atoms with van der Waals surface area (Å²) >= 11 is 12.7. The Balaban J connectivity index is 1.27. The van der Waals surface area contributed by atoms with E-state index in [4.69, 9.17) is 27.9 Å². The second kappa shape index (κ2) is 8.95. The molecule has 7 rings (SSSR count). The molecule has 0 unspecified atom stereocenters. The predicted octanol–water partition coefficient (Wildman–Crippen LogP) is 7.22. The molecule has 1 amide bonds. The smallest absolute Gasteiger partial charge is 0.339 e. The molecule has 1 heterocycles. The van der Waals surface area contributed by atoms with Gasteiger partial charge in [0.2, 0.25) is 10.0 Å². The normalized spacial score (nSPS) is 30.4. The van der Waals surface area contributed by atoms with E-state index < -0.39 is 39.5 Å². The molecule has 9 heteroatoms. The maximum atomic E-state index is 14.2. The SMILES string of the molecule is C[C@H]1Cc2ccc3ccccc3c2[C@H]1OC(=O)c1cc(Cl)c(Cl)cc1C(=O)N1[C@@H]2C[C@H]3CC[C@]2(CS1(=O)=O)C3(C)C. The van der Waals surface area contributed by atoms with Gasteiger partial charge >= 0.3 is 5.97 Å². The van der Waals surface area contributed by atoms with Crippen molar-refractivity contribution in [3.8, 4) is 0 Å². The Morgan fingerprint density at radius 1 is 1.02 bits per heavy atom. The Bertz CT molecular complexity index is 1770. The fraction of sp³-hybridized carbons (Fsp3) is 0.438. The monoisotopic (exact) mass is 611 g/mol. The van der Waals surface area contributed by atoms with Crippen molar-refractivity contribution in [1.29, 1.82) is 0 Å². The summed E-state index contributed by atoms with van der Waals surface area (Å²) in [5, 5.41) is 2.22. The van der Waals surface area contributed by atoms with Crippen molar-refractivity contribution < 1.29 is 22.7 Å². The van der Waals surface area contributed by atoms with Crippen molar-refractivity contribution in [1.82, 2.24) is 4.31 Å². The van der Waals surface area contributed by atoms with Gasteiger partial charge in [0.15, 0.2) is 0 Å². The first kappa shape index (κ1) is 27.2. The fourth-order valence-corrected chi connectivity index (χ4v) is 11.4. The summed E-state index contributed by atoms with van der Waals surface area (Å²) in [7, 11) is -3.91. The molecule has 1 aliphatic heterocycles. The van der Waals surface area contributed by atoms with Gasteiger partial charge in [0.25, 0.3) is 5.91 Å². The van der Waals surface area contributed by atoms with E-state index in [1.54, 1.807) is 0 Å². The van der Waals surface area contributed by atoms with Crippen molar-refractivity contribution in [3.05, 3.63) is 80.8 Å². The zero-order valence-corrected chi connectivity index (χ0v) is 25.4. The van der Waals surface area contributed by atoms with E-state index in [9.17, 15) is 18.0 Å². The maximum absolute atomic E-state index is 14.2. The minimum Gasteiger partial charge on any atom is -0.454 e. The van der Waals surface area contributed by atoms with Crippen LogP contribution in [0.3, 0.4) is 0 Å². The highest BCUT2D eigenvalue weighted by molar-refractivity contribution is 7.90. The molecule has 41 heavy (non-hydrogen) atoms. The van der Waals surface area contributed by atoms with E-state index in [1.807, 2.05) is 31.2 Å². The minimum absolute atomic E-state index is 0.0109. The lowest BCUT2D eigenvalue weighted by Gasteiger charge is -2.37. The highest BCUT2D eigenvalue weighted by atomic mass is 35.5. The number of esters is 1. The average Bonchev–Trinajstić information content (AvgIpc) is 3.53. The number of hydrogen-bond donors (Lipinski definition) is 0. The standard InChI is InChI=1S/C32H31Cl2NO5S/c1-17-12-19-9-8-18-6-4-5-7-21(18)27(19)28(17)40-30(37)23-15-25(34)24(33)14-22(23)29(36)35-26-13-20-10-11-32(26,31(20,2)3)16-41(35,38)39/h4-9,14-15,17,20,26,28H,10-13,16H2,1-3H3/t17-,20+,26+,28-,32+/m0/s1. The molecular formula is C32H31Cl2NO5S. The Labute approximate surface area is 250 Å². The van der Waals surface area contributed by atoms with Gasteiger partial charge in [0.1, 0.15) is 6.10 Å². The first-order valence-electron chi connectivity index (χ1n) is 14.1. The molecule has 2 bridgehead atoms. The van der Waals surface area contributed by atoms with Crippen molar-refractivity contribution in [2.75, 3.05) is 5.75 Å². The first-order chi connectivity index (χ1) is 19.4. The zero-order chi connectivity index (χ0) is 29.1. The van der Waals surface area contributed by atoms with E-state index in [-0.39, 0.29) is 38.3 Å². The third kappa shape index (κ3) is 3.71. The lowest BCUT2D eigenvalue weighted by Crippen LogP contribution is -2.44. The van der Waals surface area contributed by atoms with E-state index in [0.29, 0.717) is 12.3 Å². The number of sulfonamides is 1. The molecule has 1 saturated heterocycles. The van der Waals surface area contributed by atoms with Crippen LogP contribution in [-0.2, 0) is 21.2 Å². The largest absolute Gasteiger partial charge is 0.454 e. The quantitative estimate of drug-likeness (QED) is 0.292. The third-order valence-corrected chi connectivity index (χ3v) is 13.4. The Hall–Kier alpha value is -2.61. The van der Waals surface area contributed by atoms with Gasteiger partial charge in [0.05, 0.1) is 33.0 Å². The number of ether oxygens (including phenoxy) is 1. The van der Waals surface area contributed by atoms with E-state index in [2.05, 4.69) is 26.0 Å². The zero-order valence-electron chi connectivity index (χ0n) is 23.1. The van der Waals surface area contributed by atoms with Crippen LogP contribution in [0.1, 0.15) is 78.0 Å². The van der Waals surface area contributed by atoms with Gasteiger partial charge in [-0.25, -0.2) is 17.5 Å². The lowest BCUT2D eigenvalue weighted by molar-refractivity contribution is 0.0195. The summed E-state index contributed by atoms with van der Waals surface area (Å²) < 4.78 is 34.4. The van der Waals surface area contributed by atoms with Crippen LogP contribution in [0.25, 0.3) is 10.8 Å². The molecule has 1 spiro atoms. The van der Waals surface area contributed by atoms with Crippen LogP contribution in [0.2, 0.25) is 10.0 Å². The number of carbonyl (C=O) groups is 2. The number of halogens is 2. The topological polar surface area (TPSA) is 80.8 Å². The number of carbonyl (C=O) groups excluding carboxylic acids is 2. The Morgan fingerprint density at radius 2 is 1.73 bits per heavy atom. The summed E-state index contributed by atoms with van der Waals surface area (Å²) in [4.78, 5) is 28.1. The number of nitrogens with zero attached hydrogens (tertiary/aromatic N) is 1. The molecule has 0 N–H and O–H groups in total. The summed E-state index contributed by atoms with van der Waals surface area (Å²) in [5.41, 5.74) is 1.20. The van der Waals surface area contributed by atoms with Gasteiger partial charge in [-0.05, 0) is 65.5 Å². The minimum atomic E-state index is -3.91. The average molecular weight is 613 g/mol. The number of amides is 1. The van der Waals surface area contributed by atoms with Crippen LogP contribution >= 0.6 is 23.2 Å². The molecule has 3 fully saturated rings. The van der Waals surface area contributed by atoms with Crippen LogP contribution in [0.15, 0.2) is 48.5 Å². The molecule has 3 aromatic rings. The van der Waals surface area contributed by atoms with E-state index >= 15 is 0 Å². The van der Waals surface area contributed by atoms with E-state index in [1.165, 1.54) is 12.1 Å². The molecule has 3 aliphatic carbocycles. The first-order valence-corrected chi connectivity index (χ1v) is 16.5. The molecule has 214 valence electrons. The molecule has 5 atom stereocenters. The second-order valence-electron chi connectivity index (χ2n) is 12.9. The summed E-state index contributed by atoms with van der Waals surface area (Å²) in [6.07, 6.45) is 2.56. The van der Waals surface area contributed by atoms with Gasteiger partial charge in [-0.3, -0.25) is 4.79 Å². The second-order valence-corrected chi connectivity index (χ2v) is 15.6. The lowest BCUT2D eigenvalue weighted by atomic mass is 9.69. The molecule has 6 nitrogen and oxygen atoms in total. The molecule has 3 aromatic carbocycles. The van der Waals surface area contributed by atoms with Gasteiger partial charge in [-0.15, -0.1) is 0 Å². The molecule has 0 radical (unpaired) electrons. The summed E-state index contributed by atoms with van der Waals surface area (Å²) in [6, 6.07) is 14.3. The van der Waals surface area contributed by atoms with Crippen LogP contribution in [-0.4, -0.2) is 36.4 Å². The molecule has 0 aromatic heterocycles. The van der Waals surface area contributed by atoms with Crippen LogP contribution < -0.4 is 0 Å². The number of fused-ring (bicyclic) bond motifs is 4. The Morgan fingerprint density at radius 3 is 2.46 bits per heavy atom. The fourth-order valence-electron chi connectivity index (χ4n) is 8.51. The van der Waals surface area contributed by atoms with Crippen molar-refractivity contribution in [3.63, 3.8) is 0 Å². The van der Waals surface area contributed by atoms with Crippen LogP contribution in [0.5, 0.6) is 0 Å². The maximum Gasteiger partial charge on any atom is 0.339 e. The molecule has 4 aliphatic rings. The Kier molecular flexibility index (Phi) is 5.94. The third-order valence-electron chi connectivity index (χ3n) is 10.8. The highest BCUT2D eigenvalue weighted by Crippen LogP contribution is 2.70. The van der Waals surface area contributed by atoms with Crippen molar-refractivity contribution in [2.24, 2.45) is 22.7 Å². The van der Waals surface area contributed by atoms with Crippen LogP contribution in [0, 0.1) is 22.7 Å². The number of benzene rings is 3. The number of hydrogen-bond acceptors (Lipinski definition) is 5. The number of rotatable bonds is 3. The molecular weight excluding hydrogens is 581 g/mol. The highest BCUT2D eigenvalue weighted by Gasteiger charge is 2.72. The van der Waals surface area contributed by atoms with Gasteiger partial charge in [0, 0.05) is 16.9 Å². The molecule has 2 saturated carbocycles. The van der Waals surface area contributed by atoms with Gasteiger partial charge < -0.3 is 4.74 Å². The predicted molar refractivity (Wildman–Crippen MR) is 159 cm³/mol. The van der Waals surface area contributed by atoms with E-state index in [0.717, 1.165) is 45.5 Å². The van der Waals surface area contributed by atoms with Gasteiger partial charge in [-0.2, -0.15) is 0 Å².